The zero-order valence-corrected chi connectivity index (χ0v) is 8.80. The Bertz CT molecular complexity index is 311. The van der Waals surface area contributed by atoms with Gasteiger partial charge in [-0.25, -0.2) is 4.98 Å². The second-order valence-electron chi connectivity index (χ2n) is 2.68. The van der Waals surface area contributed by atoms with Crippen molar-refractivity contribution in [1.82, 2.24) is 9.97 Å². The molecule has 0 bridgehead atoms. The average molecular weight is 248 g/mol. The minimum absolute atomic E-state index is 0.0638. The van der Waals surface area contributed by atoms with Gasteiger partial charge >= 0.3 is 5.82 Å². The molecule has 0 amide bonds. The van der Waals surface area contributed by atoms with Crippen LogP contribution in [0.3, 0.4) is 0 Å². The molecule has 1 N–H and O–H groups in total. The molecule has 72 valence electrons. The molecule has 0 saturated carbocycles. The van der Waals surface area contributed by atoms with Crippen molar-refractivity contribution in [2.24, 2.45) is 0 Å². The predicted molar refractivity (Wildman–Crippen MR) is 51.6 cm³/mol. The predicted octanol–water partition coefficient (Wildman–Crippen LogP) is 2.42. The number of hydrogen-bond donors (Lipinski definition) is 1. The first-order chi connectivity index (χ1) is 6.15. The Morgan fingerprint density at radius 3 is 2.85 bits per heavy atom. The molecule has 1 aromatic rings. The van der Waals surface area contributed by atoms with Crippen LogP contribution in [-0.4, -0.2) is 14.9 Å². The maximum absolute atomic E-state index is 10.4. The van der Waals surface area contributed by atoms with Crippen LogP contribution in [0.25, 0.3) is 0 Å². The van der Waals surface area contributed by atoms with Gasteiger partial charge < -0.3 is 10.1 Å². The van der Waals surface area contributed by atoms with E-state index in [-0.39, 0.29) is 10.4 Å². The van der Waals surface area contributed by atoms with Crippen LogP contribution in [0, 0.1) is 10.1 Å². The molecule has 1 heterocycles. The molecule has 0 unspecified atom stereocenters. The number of halogens is 1. The van der Waals surface area contributed by atoms with Gasteiger partial charge in [-0.1, -0.05) is 13.3 Å². The van der Waals surface area contributed by atoms with E-state index in [1.165, 1.54) is 0 Å². The third-order valence-electron chi connectivity index (χ3n) is 1.64. The molecule has 0 aliphatic heterocycles. The number of nitrogens with zero attached hydrogens (tertiary/aromatic N) is 2. The lowest BCUT2D eigenvalue weighted by atomic mass is 10.2. The Kier molecular flexibility index (Phi) is 3.41. The quantitative estimate of drug-likeness (QED) is 0.656. The highest BCUT2D eigenvalue weighted by Gasteiger charge is 2.16. The maximum atomic E-state index is 10.4. The molecule has 13 heavy (non-hydrogen) atoms. The first-order valence-electron chi connectivity index (χ1n) is 4.04. The van der Waals surface area contributed by atoms with Crippen molar-refractivity contribution in [2.45, 2.75) is 26.2 Å². The molecule has 0 aliphatic carbocycles. The second kappa shape index (κ2) is 4.36. The maximum Gasteiger partial charge on any atom is 0.355 e. The van der Waals surface area contributed by atoms with E-state index in [4.69, 9.17) is 0 Å². The molecular weight excluding hydrogens is 238 g/mol. The molecule has 0 aliphatic rings. The number of nitro groups is 1. The topological polar surface area (TPSA) is 71.8 Å². The molecule has 1 aromatic heterocycles. The van der Waals surface area contributed by atoms with Crippen LogP contribution in [0.15, 0.2) is 4.60 Å². The van der Waals surface area contributed by atoms with Gasteiger partial charge in [0.2, 0.25) is 4.60 Å². The highest BCUT2D eigenvalue weighted by atomic mass is 79.9. The second-order valence-corrected chi connectivity index (χ2v) is 3.43. The Morgan fingerprint density at radius 1 is 1.69 bits per heavy atom. The molecular formula is C7H10BrN3O2. The largest absolute Gasteiger partial charge is 0.358 e. The fourth-order valence-corrected chi connectivity index (χ4v) is 1.43. The van der Waals surface area contributed by atoms with Crippen LogP contribution in [0.2, 0.25) is 0 Å². The van der Waals surface area contributed by atoms with E-state index >= 15 is 0 Å². The van der Waals surface area contributed by atoms with E-state index in [2.05, 4.69) is 32.8 Å². The van der Waals surface area contributed by atoms with Crippen LogP contribution in [0.5, 0.6) is 0 Å². The van der Waals surface area contributed by atoms with Crippen molar-refractivity contribution in [3.8, 4) is 0 Å². The highest BCUT2D eigenvalue weighted by molar-refractivity contribution is 9.10. The number of rotatable bonds is 4. The van der Waals surface area contributed by atoms with Crippen LogP contribution >= 0.6 is 15.9 Å². The van der Waals surface area contributed by atoms with E-state index in [1.807, 2.05) is 0 Å². The third-order valence-corrected chi connectivity index (χ3v) is 2.19. The van der Waals surface area contributed by atoms with Gasteiger partial charge in [-0.15, -0.1) is 0 Å². The zero-order chi connectivity index (χ0) is 9.84. The lowest BCUT2D eigenvalue weighted by Gasteiger charge is -1.88. The summed E-state index contributed by atoms with van der Waals surface area (Å²) in [6.07, 6.45) is 2.78. The van der Waals surface area contributed by atoms with Crippen LogP contribution < -0.4 is 0 Å². The van der Waals surface area contributed by atoms with Gasteiger partial charge in [-0.05, 0) is 27.3 Å². The fourth-order valence-electron chi connectivity index (χ4n) is 0.971. The Hall–Kier alpha value is -0.910. The molecule has 0 fully saturated rings. The van der Waals surface area contributed by atoms with Gasteiger partial charge in [0.1, 0.15) is 0 Å². The molecule has 0 saturated heterocycles. The van der Waals surface area contributed by atoms with Crippen LogP contribution in [-0.2, 0) is 6.42 Å². The number of imidazole rings is 1. The monoisotopic (exact) mass is 247 g/mol. The number of unbranched alkanes of at least 4 members (excludes halogenated alkanes) is 1. The summed E-state index contributed by atoms with van der Waals surface area (Å²) < 4.78 is 0.281. The Labute approximate surface area is 83.8 Å². The lowest BCUT2D eigenvalue weighted by Crippen LogP contribution is -1.90. The summed E-state index contributed by atoms with van der Waals surface area (Å²) in [4.78, 5) is 16.6. The summed E-state index contributed by atoms with van der Waals surface area (Å²) in [6.45, 7) is 2.06. The minimum atomic E-state index is -0.480. The summed E-state index contributed by atoms with van der Waals surface area (Å²) in [6, 6.07) is 0. The van der Waals surface area contributed by atoms with Crippen molar-refractivity contribution < 1.29 is 4.92 Å². The molecule has 1 rings (SSSR count). The third kappa shape index (κ3) is 2.51. The van der Waals surface area contributed by atoms with Gasteiger partial charge in [0.15, 0.2) is 5.82 Å². The summed E-state index contributed by atoms with van der Waals surface area (Å²) in [7, 11) is 0. The van der Waals surface area contributed by atoms with Crippen LogP contribution in [0.4, 0.5) is 5.82 Å². The lowest BCUT2D eigenvalue weighted by molar-refractivity contribution is -0.390. The number of aryl methyl sites for hydroxylation is 1. The number of hydrogen-bond acceptors (Lipinski definition) is 3. The smallest absolute Gasteiger partial charge is 0.355 e. The Morgan fingerprint density at radius 2 is 2.38 bits per heavy atom. The molecule has 6 heteroatoms. The molecule has 0 spiro atoms. The normalized spacial score (nSPS) is 10.3. The highest BCUT2D eigenvalue weighted by Crippen LogP contribution is 2.21. The number of aromatic nitrogens is 2. The van der Waals surface area contributed by atoms with Crippen molar-refractivity contribution in [3.63, 3.8) is 0 Å². The van der Waals surface area contributed by atoms with E-state index < -0.39 is 4.92 Å². The Balaban J connectivity index is 2.76. The fraction of sp³-hybridized carbons (Fsp3) is 0.571. The van der Waals surface area contributed by atoms with Gasteiger partial charge in [0.05, 0.1) is 0 Å². The summed E-state index contributed by atoms with van der Waals surface area (Å²) in [5.41, 5.74) is 0. The van der Waals surface area contributed by atoms with Crippen LogP contribution in [0.1, 0.15) is 25.6 Å². The van der Waals surface area contributed by atoms with Crippen molar-refractivity contribution in [3.05, 3.63) is 20.5 Å². The van der Waals surface area contributed by atoms with Gasteiger partial charge in [0, 0.05) is 6.42 Å². The van der Waals surface area contributed by atoms with Gasteiger partial charge in [-0.2, -0.15) is 4.98 Å². The SMILES string of the molecule is CCCCc1nc(Br)c([N+](=O)[O-])[nH]1. The van der Waals surface area contributed by atoms with Crippen molar-refractivity contribution in [1.29, 1.82) is 0 Å². The number of nitrogens with one attached hydrogen (secondary N) is 1. The van der Waals surface area contributed by atoms with E-state index in [1.54, 1.807) is 0 Å². The average Bonchev–Trinajstić information content (AvgIpc) is 2.43. The minimum Gasteiger partial charge on any atom is -0.358 e. The molecule has 5 nitrogen and oxygen atoms in total. The van der Waals surface area contributed by atoms with E-state index in [0.29, 0.717) is 5.82 Å². The molecule has 0 atom stereocenters. The molecule has 0 aromatic carbocycles. The van der Waals surface area contributed by atoms with Crippen molar-refractivity contribution >= 4 is 21.7 Å². The van der Waals surface area contributed by atoms with Gasteiger partial charge in [0.25, 0.3) is 0 Å². The van der Waals surface area contributed by atoms with E-state index in [9.17, 15) is 10.1 Å². The number of aromatic amines is 1. The zero-order valence-electron chi connectivity index (χ0n) is 7.21. The summed E-state index contributed by atoms with van der Waals surface area (Å²) >= 11 is 3.03. The van der Waals surface area contributed by atoms with Crippen molar-refractivity contribution in [2.75, 3.05) is 0 Å². The van der Waals surface area contributed by atoms with E-state index in [0.717, 1.165) is 19.3 Å². The molecule has 0 radical (unpaired) electrons. The standard InChI is InChI=1S/C7H10BrN3O2/c1-2-3-4-5-9-6(8)7(10-5)11(12)13/h2-4H2,1H3,(H,9,10). The first-order valence-corrected chi connectivity index (χ1v) is 4.83. The first kappa shape index (κ1) is 10.2. The summed E-state index contributed by atoms with van der Waals surface area (Å²) in [5, 5.41) is 10.4. The van der Waals surface area contributed by atoms with Gasteiger partial charge in [-0.3, -0.25) is 0 Å². The summed E-state index contributed by atoms with van der Waals surface area (Å²) in [5.74, 6) is 0.603. The number of H-pyrrole nitrogens is 1.